The van der Waals surface area contributed by atoms with Crippen molar-refractivity contribution < 1.29 is 14.6 Å². The molecule has 0 fully saturated rings. The molecule has 0 saturated heterocycles. The standard InChI is InChI=1S/C16H22N2O3/c1-3-4-10-18-14-9-8-12(21-2)11-13(14)17-15(18)6-5-7-16(19)20/h8-9,11H,3-7,10H2,1-2H3,(H,19,20). The van der Waals surface area contributed by atoms with Crippen molar-refractivity contribution in [1.82, 2.24) is 9.55 Å². The van der Waals surface area contributed by atoms with Crippen LogP contribution >= 0.6 is 0 Å². The van der Waals surface area contributed by atoms with Crippen LogP contribution in [0.2, 0.25) is 0 Å². The highest BCUT2D eigenvalue weighted by Crippen LogP contribution is 2.23. The summed E-state index contributed by atoms with van der Waals surface area (Å²) in [6.45, 7) is 3.08. The summed E-state index contributed by atoms with van der Waals surface area (Å²) in [6, 6.07) is 5.89. The second-order valence-electron chi connectivity index (χ2n) is 5.14. The number of unbranched alkanes of at least 4 members (excludes halogenated alkanes) is 1. The zero-order valence-corrected chi connectivity index (χ0v) is 12.6. The molecule has 2 rings (SSSR count). The lowest BCUT2D eigenvalue weighted by Gasteiger charge is -2.08. The number of benzene rings is 1. The Hall–Kier alpha value is -2.04. The third kappa shape index (κ3) is 3.74. The van der Waals surface area contributed by atoms with Gasteiger partial charge in [-0.3, -0.25) is 4.79 Å². The molecule has 0 aliphatic heterocycles. The zero-order valence-electron chi connectivity index (χ0n) is 12.6. The minimum Gasteiger partial charge on any atom is -0.497 e. The Bertz CT molecular complexity index is 619. The Labute approximate surface area is 124 Å². The number of hydrogen-bond acceptors (Lipinski definition) is 3. The number of rotatable bonds is 8. The zero-order chi connectivity index (χ0) is 15.2. The SMILES string of the molecule is CCCCn1c(CCCC(=O)O)nc2cc(OC)ccc21. The molecule has 0 radical (unpaired) electrons. The number of ether oxygens (including phenoxy) is 1. The first-order valence-electron chi connectivity index (χ1n) is 7.40. The summed E-state index contributed by atoms with van der Waals surface area (Å²) in [5.74, 6) is 1.00. The molecular formula is C16H22N2O3. The van der Waals surface area contributed by atoms with Gasteiger partial charge in [0.2, 0.25) is 0 Å². The lowest BCUT2D eigenvalue weighted by atomic mass is 10.2. The van der Waals surface area contributed by atoms with Crippen LogP contribution in [-0.4, -0.2) is 27.7 Å². The van der Waals surface area contributed by atoms with E-state index in [0.29, 0.717) is 12.8 Å². The van der Waals surface area contributed by atoms with Gasteiger partial charge < -0.3 is 14.4 Å². The van der Waals surface area contributed by atoms with Gasteiger partial charge in [0.05, 0.1) is 18.1 Å². The van der Waals surface area contributed by atoms with Crippen LogP contribution in [0, 0.1) is 0 Å². The van der Waals surface area contributed by atoms with E-state index in [9.17, 15) is 4.79 Å². The summed E-state index contributed by atoms with van der Waals surface area (Å²) in [7, 11) is 1.64. The number of fused-ring (bicyclic) bond motifs is 1. The Morgan fingerprint density at radius 1 is 1.38 bits per heavy atom. The van der Waals surface area contributed by atoms with Crippen LogP contribution < -0.4 is 4.74 Å². The normalized spacial score (nSPS) is 11.0. The predicted octanol–water partition coefficient (Wildman–Crippen LogP) is 3.25. The van der Waals surface area contributed by atoms with E-state index in [-0.39, 0.29) is 6.42 Å². The number of aryl methyl sites for hydroxylation is 2. The lowest BCUT2D eigenvalue weighted by molar-refractivity contribution is -0.137. The average Bonchev–Trinajstić information content (AvgIpc) is 2.81. The van der Waals surface area contributed by atoms with E-state index in [0.717, 1.165) is 42.0 Å². The van der Waals surface area contributed by atoms with Gasteiger partial charge in [-0.05, 0) is 25.0 Å². The molecule has 1 aromatic heterocycles. The van der Waals surface area contributed by atoms with Crippen molar-refractivity contribution in [2.24, 2.45) is 0 Å². The molecule has 21 heavy (non-hydrogen) atoms. The molecule has 114 valence electrons. The average molecular weight is 290 g/mol. The van der Waals surface area contributed by atoms with Crippen LogP contribution in [-0.2, 0) is 17.8 Å². The number of carbonyl (C=O) groups is 1. The van der Waals surface area contributed by atoms with E-state index in [4.69, 9.17) is 9.84 Å². The molecule has 0 aliphatic rings. The van der Waals surface area contributed by atoms with Crippen LogP contribution in [0.4, 0.5) is 0 Å². The van der Waals surface area contributed by atoms with Crippen LogP contribution in [0.3, 0.4) is 0 Å². The molecule has 0 amide bonds. The summed E-state index contributed by atoms with van der Waals surface area (Å²) in [5, 5.41) is 8.77. The van der Waals surface area contributed by atoms with Gasteiger partial charge in [0.1, 0.15) is 11.6 Å². The van der Waals surface area contributed by atoms with Crippen LogP contribution in [0.1, 0.15) is 38.4 Å². The van der Waals surface area contributed by atoms with Crippen LogP contribution in [0.25, 0.3) is 11.0 Å². The first-order valence-corrected chi connectivity index (χ1v) is 7.40. The molecule has 1 heterocycles. The van der Waals surface area contributed by atoms with Gasteiger partial charge in [0.25, 0.3) is 0 Å². The molecule has 1 aromatic carbocycles. The lowest BCUT2D eigenvalue weighted by Crippen LogP contribution is -2.05. The summed E-state index contributed by atoms with van der Waals surface area (Å²) < 4.78 is 7.45. The largest absolute Gasteiger partial charge is 0.497 e. The minimum absolute atomic E-state index is 0.181. The quantitative estimate of drug-likeness (QED) is 0.810. The fourth-order valence-electron chi connectivity index (χ4n) is 2.44. The second-order valence-corrected chi connectivity index (χ2v) is 5.14. The molecule has 2 aromatic rings. The highest BCUT2D eigenvalue weighted by atomic mass is 16.5. The van der Waals surface area contributed by atoms with Gasteiger partial charge in [-0.1, -0.05) is 13.3 Å². The number of methoxy groups -OCH3 is 1. The molecule has 0 unspecified atom stereocenters. The van der Waals surface area contributed by atoms with Crippen LogP contribution in [0.5, 0.6) is 5.75 Å². The van der Waals surface area contributed by atoms with E-state index in [1.807, 2.05) is 18.2 Å². The first kappa shape index (κ1) is 15.4. The topological polar surface area (TPSA) is 64.4 Å². The predicted molar refractivity (Wildman–Crippen MR) is 81.8 cm³/mol. The molecule has 0 bridgehead atoms. The maximum atomic E-state index is 10.7. The summed E-state index contributed by atoms with van der Waals surface area (Å²) in [6.07, 6.45) is 3.68. The highest BCUT2D eigenvalue weighted by Gasteiger charge is 2.11. The fraction of sp³-hybridized carbons (Fsp3) is 0.500. The smallest absolute Gasteiger partial charge is 0.303 e. The number of aliphatic carboxylic acids is 1. The van der Waals surface area contributed by atoms with Crippen LogP contribution in [0.15, 0.2) is 18.2 Å². The molecule has 0 atom stereocenters. The molecule has 0 aliphatic carbocycles. The summed E-state index contributed by atoms with van der Waals surface area (Å²) >= 11 is 0. The van der Waals surface area contributed by atoms with Gasteiger partial charge >= 0.3 is 5.97 Å². The molecule has 5 heteroatoms. The maximum Gasteiger partial charge on any atom is 0.303 e. The van der Waals surface area contributed by atoms with Crippen molar-refractivity contribution in [1.29, 1.82) is 0 Å². The second kappa shape index (κ2) is 7.11. The van der Waals surface area contributed by atoms with Crippen molar-refractivity contribution in [2.45, 2.75) is 45.6 Å². The highest BCUT2D eigenvalue weighted by molar-refractivity contribution is 5.77. The third-order valence-corrected chi connectivity index (χ3v) is 3.56. The number of carboxylic acid groups (broad SMARTS) is 1. The van der Waals surface area contributed by atoms with E-state index >= 15 is 0 Å². The Kier molecular flexibility index (Phi) is 5.20. The van der Waals surface area contributed by atoms with Crippen molar-refractivity contribution >= 4 is 17.0 Å². The van der Waals surface area contributed by atoms with Gasteiger partial charge in [-0.15, -0.1) is 0 Å². The number of imidazole rings is 1. The van der Waals surface area contributed by atoms with Gasteiger partial charge in [-0.2, -0.15) is 0 Å². The Balaban J connectivity index is 2.29. The number of hydrogen-bond donors (Lipinski definition) is 1. The van der Waals surface area contributed by atoms with Crippen molar-refractivity contribution in [3.05, 3.63) is 24.0 Å². The van der Waals surface area contributed by atoms with E-state index < -0.39 is 5.97 Å². The maximum absolute atomic E-state index is 10.7. The van der Waals surface area contributed by atoms with E-state index in [2.05, 4.69) is 16.5 Å². The van der Waals surface area contributed by atoms with Crippen molar-refractivity contribution in [3.8, 4) is 5.75 Å². The Morgan fingerprint density at radius 3 is 2.86 bits per heavy atom. The molecule has 0 spiro atoms. The number of carboxylic acids is 1. The Morgan fingerprint density at radius 2 is 2.19 bits per heavy atom. The monoisotopic (exact) mass is 290 g/mol. The van der Waals surface area contributed by atoms with Gasteiger partial charge in [0, 0.05) is 25.5 Å². The molecule has 5 nitrogen and oxygen atoms in total. The van der Waals surface area contributed by atoms with Gasteiger partial charge in [0.15, 0.2) is 0 Å². The number of nitrogens with zero attached hydrogens (tertiary/aromatic N) is 2. The first-order chi connectivity index (χ1) is 10.2. The van der Waals surface area contributed by atoms with Crippen molar-refractivity contribution in [2.75, 3.05) is 7.11 Å². The number of aromatic nitrogens is 2. The molecular weight excluding hydrogens is 268 g/mol. The van der Waals surface area contributed by atoms with Gasteiger partial charge in [-0.25, -0.2) is 4.98 Å². The van der Waals surface area contributed by atoms with Crippen molar-refractivity contribution in [3.63, 3.8) is 0 Å². The summed E-state index contributed by atoms with van der Waals surface area (Å²) in [4.78, 5) is 15.3. The van der Waals surface area contributed by atoms with E-state index in [1.54, 1.807) is 7.11 Å². The molecule has 1 N–H and O–H groups in total. The minimum atomic E-state index is -0.757. The third-order valence-electron chi connectivity index (χ3n) is 3.56. The summed E-state index contributed by atoms with van der Waals surface area (Å²) in [5.41, 5.74) is 2.00. The molecule has 0 saturated carbocycles. The van der Waals surface area contributed by atoms with E-state index in [1.165, 1.54) is 0 Å². The fourth-order valence-corrected chi connectivity index (χ4v) is 2.44.